The van der Waals surface area contributed by atoms with E-state index < -0.39 is 23.0 Å². The Bertz CT molecular complexity index is 649. The van der Waals surface area contributed by atoms with Crippen molar-refractivity contribution in [1.82, 2.24) is 0 Å². The van der Waals surface area contributed by atoms with Crippen LogP contribution in [0.4, 0.5) is 17.6 Å². The highest BCUT2D eigenvalue weighted by Crippen LogP contribution is 2.58. The lowest BCUT2D eigenvalue weighted by Gasteiger charge is -2.35. The van der Waals surface area contributed by atoms with Crippen molar-refractivity contribution in [2.24, 2.45) is 0 Å². The molecule has 2 aromatic carbocycles. The fraction of sp³-hybridized carbons (Fsp3) is 0.143. The van der Waals surface area contributed by atoms with Crippen molar-refractivity contribution in [2.75, 3.05) is 0 Å². The van der Waals surface area contributed by atoms with Gasteiger partial charge in [0.1, 0.15) is 0 Å². The molecule has 0 radical (unpaired) electrons. The third-order valence-corrected chi connectivity index (χ3v) is 4.67. The van der Waals surface area contributed by atoms with E-state index in [1.165, 1.54) is 12.1 Å². The molecule has 0 atom stereocenters. The second-order valence-corrected chi connectivity index (χ2v) is 7.02. The van der Waals surface area contributed by atoms with Gasteiger partial charge in [-0.3, -0.25) is 0 Å². The van der Waals surface area contributed by atoms with Gasteiger partial charge in [0.05, 0.1) is 0 Å². The normalized spacial score (nSPS) is 18.3. The lowest BCUT2D eigenvalue weighted by molar-refractivity contribution is -0.225. The fourth-order valence-corrected chi connectivity index (χ4v) is 3.34. The lowest BCUT2D eigenvalue weighted by Crippen LogP contribution is -2.39. The van der Waals surface area contributed by atoms with Gasteiger partial charge in [0, 0.05) is 18.3 Å². The minimum atomic E-state index is -4.21. The van der Waals surface area contributed by atoms with Gasteiger partial charge in [0.15, 0.2) is 0 Å². The molecule has 20 heavy (non-hydrogen) atoms. The molecule has 0 saturated heterocycles. The van der Waals surface area contributed by atoms with Gasteiger partial charge in [-0.05, 0) is 80.6 Å². The number of hydrogen-bond donors (Lipinski definition) is 0. The Labute approximate surface area is 139 Å². The summed E-state index contributed by atoms with van der Waals surface area (Å²) in [6, 6.07) is 8.49. The Morgan fingerprint density at radius 1 is 0.650 bits per heavy atom. The molecule has 0 unspecified atom stereocenters. The molecule has 104 valence electrons. The summed E-state index contributed by atoms with van der Waals surface area (Å²) in [5.74, 6) is -8.41. The first-order valence-corrected chi connectivity index (χ1v) is 7.77. The van der Waals surface area contributed by atoms with Crippen molar-refractivity contribution in [2.45, 2.75) is 11.8 Å². The van der Waals surface area contributed by atoms with Gasteiger partial charge in [0.2, 0.25) is 0 Å². The van der Waals surface area contributed by atoms with Crippen LogP contribution in [0.25, 0.3) is 11.1 Å². The van der Waals surface area contributed by atoms with E-state index in [0.29, 0.717) is 7.14 Å². The SMILES string of the molecule is FC1(F)c2cc(I)ccc2-c2ccc(I)cc2C1(F)F. The van der Waals surface area contributed by atoms with Crippen molar-refractivity contribution in [3.05, 3.63) is 54.7 Å². The molecule has 0 bridgehead atoms. The van der Waals surface area contributed by atoms with E-state index in [1.54, 1.807) is 12.1 Å². The van der Waals surface area contributed by atoms with Crippen LogP contribution < -0.4 is 0 Å². The molecule has 0 saturated carbocycles. The van der Waals surface area contributed by atoms with Crippen LogP contribution in [0, 0.1) is 7.14 Å². The van der Waals surface area contributed by atoms with Crippen LogP contribution in [-0.2, 0) is 11.8 Å². The first-order valence-electron chi connectivity index (χ1n) is 5.61. The molecule has 0 aromatic heterocycles. The van der Waals surface area contributed by atoms with E-state index in [4.69, 9.17) is 0 Å². The Kier molecular flexibility index (Phi) is 3.32. The average Bonchev–Trinajstić information content (AvgIpc) is 2.37. The molecule has 0 aliphatic heterocycles. The van der Waals surface area contributed by atoms with Gasteiger partial charge in [-0.2, -0.15) is 17.6 Å². The van der Waals surface area contributed by atoms with Crippen LogP contribution in [0.5, 0.6) is 0 Å². The van der Waals surface area contributed by atoms with Gasteiger partial charge < -0.3 is 0 Å². The van der Waals surface area contributed by atoms with Crippen LogP contribution in [0.2, 0.25) is 0 Å². The Balaban J connectivity index is 2.43. The third-order valence-electron chi connectivity index (χ3n) is 3.32. The van der Waals surface area contributed by atoms with Crippen molar-refractivity contribution in [3.63, 3.8) is 0 Å². The van der Waals surface area contributed by atoms with Crippen molar-refractivity contribution in [3.8, 4) is 11.1 Å². The maximum Gasteiger partial charge on any atom is 0.340 e. The molecule has 0 spiro atoms. The van der Waals surface area contributed by atoms with Crippen molar-refractivity contribution in [1.29, 1.82) is 0 Å². The Morgan fingerprint density at radius 2 is 1.00 bits per heavy atom. The second kappa shape index (κ2) is 4.56. The number of rotatable bonds is 0. The summed E-state index contributed by atoms with van der Waals surface area (Å²) in [4.78, 5) is 0. The van der Waals surface area contributed by atoms with Crippen molar-refractivity contribution >= 4 is 45.2 Å². The Hall–Kier alpha value is -0.380. The van der Waals surface area contributed by atoms with E-state index in [2.05, 4.69) is 0 Å². The zero-order valence-electron chi connectivity index (χ0n) is 9.73. The standard InChI is InChI=1S/C14H6F4I2/c15-13(16)11-5-7(19)1-3-9(11)10-4-2-8(20)6-12(10)14(13,17)18/h1-6H. The maximum atomic E-state index is 14.2. The molecule has 0 N–H and O–H groups in total. The molecule has 6 heteroatoms. The third kappa shape index (κ3) is 1.90. The zero-order chi connectivity index (χ0) is 14.7. The molecule has 1 aliphatic rings. The van der Waals surface area contributed by atoms with Gasteiger partial charge in [-0.15, -0.1) is 0 Å². The minimum Gasteiger partial charge on any atom is -0.194 e. The van der Waals surface area contributed by atoms with Crippen molar-refractivity contribution < 1.29 is 17.6 Å². The number of fused-ring (bicyclic) bond motifs is 3. The van der Waals surface area contributed by atoms with Crippen LogP contribution in [0.3, 0.4) is 0 Å². The molecule has 1 aliphatic carbocycles. The van der Waals surface area contributed by atoms with Crippen LogP contribution in [-0.4, -0.2) is 0 Å². The van der Waals surface area contributed by atoms with E-state index in [0.717, 1.165) is 12.1 Å². The van der Waals surface area contributed by atoms with Crippen LogP contribution in [0.15, 0.2) is 36.4 Å². The lowest BCUT2D eigenvalue weighted by atomic mass is 9.80. The Morgan fingerprint density at radius 3 is 1.35 bits per heavy atom. The number of halogens is 6. The highest BCUT2D eigenvalue weighted by Gasteiger charge is 2.62. The molecule has 0 heterocycles. The monoisotopic (exact) mass is 504 g/mol. The smallest absolute Gasteiger partial charge is 0.194 e. The number of hydrogen-bond acceptors (Lipinski definition) is 0. The van der Waals surface area contributed by atoms with Gasteiger partial charge >= 0.3 is 11.8 Å². The highest BCUT2D eigenvalue weighted by molar-refractivity contribution is 14.1. The summed E-state index contributed by atoms with van der Waals surface area (Å²) in [6.45, 7) is 0. The number of benzene rings is 2. The van der Waals surface area contributed by atoms with Crippen LogP contribution in [0.1, 0.15) is 11.1 Å². The molecule has 3 rings (SSSR count). The molecule has 0 fully saturated rings. The zero-order valence-corrected chi connectivity index (χ0v) is 14.0. The van der Waals surface area contributed by atoms with Gasteiger partial charge in [0.25, 0.3) is 0 Å². The topological polar surface area (TPSA) is 0 Å². The van der Waals surface area contributed by atoms with Gasteiger partial charge in [-0.1, -0.05) is 12.1 Å². The van der Waals surface area contributed by atoms with E-state index in [-0.39, 0.29) is 11.1 Å². The summed E-state index contributed by atoms with van der Waals surface area (Å²) in [6.07, 6.45) is 0. The number of alkyl halides is 4. The second-order valence-electron chi connectivity index (χ2n) is 4.53. The minimum absolute atomic E-state index is 0.174. The quantitative estimate of drug-likeness (QED) is 0.317. The molecular weight excluding hydrogens is 498 g/mol. The van der Waals surface area contributed by atoms with E-state index in [1.807, 2.05) is 45.2 Å². The maximum absolute atomic E-state index is 14.2. The first kappa shape index (κ1) is 14.6. The van der Waals surface area contributed by atoms with Gasteiger partial charge in [-0.25, -0.2) is 0 Å². The first-order chi connectivity index (χ1) is 9.25. The highest BCUT2D eigenvalue weighted by atomic mass is 127. The van der Waals surface area contributed by atoms with E-state index >= 15 is 0 Å². The fourth-order valence-electron chi connectivity index (χ4n) is 2.36. The van der Waals surface area contributed by atoms with Crippen LogP contribution >= 0.6 is 45.2 Å². The molecule has 0 amide bonds. The predicted molar refractivity (Wildman–Crippen MR) is 85.1 cm³/mol. The van der Waals surface area contributed by atoms with E-state index in [9.17, 15) is 17.6 Å². The molecular formula is C14H6F4I2. The summed E-state index contributed by atoms with van der Waals surface area (Å²) < 4.78 is 57.8. The predicted octanol–water partition coefficient (Wildman–Crippen LogP) is 5.76. The molecule has 0 nitrogen and oxygen atoms in total. The summed E-state index contributed by atoms with van der Waals surface area (Å²) in [7, 11) is 0. The largest absolute Gasteiger partial charge is 0.340 e. The summed E-state index contributed by atoms with van der Waals surface area (Å²) in [5.41, 5.74) is -0.869. The molecule has 2 aromatic rings. The summed E-state index contributed by atoms with van der Waals surface area (Å²) >= 11 is 3.68. The summed E-state index contributed by atoms with van der Waals surface area (Å²) in [5, 5.41) is 0. The average molecular weight is 504 g/mol.